The topological polar surface area (TPSA) is 79.5 Å². The van der Waals surface area contributed by atoms with Crippen LogP contribution in [-0.4, -0.2) is 25.5 Å². The van der Waals surface area contributed by atoms with Gasteiger partial charge in [0, 0.05) is 18.3 Å². The van der Waals surface area contributed by atoms with Crippen LogP contribution in [0.3, 0.4) is 0 Å². The van der Waals surface area contributed by atoms with E-state index in [1.54, 1.807) is 18.2 Å². The summed E-state index contributed by atoms with van der Waals surface area (Å²) in [6, 6.07) is 19.7. The standard InChI is InChI=1S/C24H23N3O3/c1-15(28)26-19-8-10-23(30-2)22(13-19)27-24(29)14-25-18-7-9-21-17(12-18)11-16-5-3-4-6-20(16)21/h3-10,12-13,25H,11,14H2,1-2H3,(H,26,28)(H,27,29). The fourth-order valence-corrected chi connectivity index (χ4v) is 3.72. The van der Waals surface area contributed by atoms with Crippen LogP contribution in [0.4, 0.5) is 17.1 Å². The van der Waals surface area contributed by atoms with Gasteiger partial charge in [0.1, 0.15) is 5.75 Å². The molecule has 3 aromatic rings. The van der Waals surface area contributed by atoms with Gasteiger partial charge in [0.2, 0.25) is 11.8 Å². The van der Waals surface area contributed by atoms with Crippen LogP contribution in [0.15, 0.2) is 60.7 Å². The maximum atomic E-state index is 12.5. The van der Waals surface area contributed by atoms with E-state index < -0.39 is 0 Å². The molecule has 3 N–H and O–H groups in total. The predicted octanol–water partition coefficient (Wildman–Crippen LogP) is 4.28. The first kappa shape index (κ1) is 19.5. The second kappa shape index (κ2) is 8.29. The van der Waals surface area contributed by atoms with Crippen LogP contribution in [0.1, 0.15) is 18.1 Å². The minimum Gasteiger partial charge on any atom is -0.495 e. The molecule has 30 heavy (non-hydrogen) atoms. The molecule has 4 rings (SSSR count). The third kappa shape index (κ3) is 4.12. The van der Waals surface area contributed by atoms with Crippen molar-refractivity contribution < 1.29 is 14.3 Å². The second-order valence-corrected chi connectivity index (χ2v) is 7.20. The van der Waals surface area contributed by atoms with Gasteiger partial charge in [-0.25, -0.2) is 0 Å². The highest BCUT2D eigenvalue weighted by Crippen LogP contribution is 2.37. The normalized spacial score (nSPS) is 11.3. The smallest absolute Gasteiger partial charge is 0.243 e. The molecule has 6 heteroatoms. The maximum absolute atomic E-state index is 12.5. The van der Waals surface area contributed by atoms with Crippen LogP contribution >= 0.6 is 0 Å². The number of carbonyl (C=O) groups is 2. The van der Waals surface area contributed by atoms with Gasteiger partial charge in [-0.3, -0.25) is 9.59 Å². The molecule has 0 bridgehead atoms. The van der Waals surface area contributed by atoms with E-state index in [9.17, 15) is 9.59 Å². The zero-order valence-electron chi connectivity index (χ0n) is 16.9. The molecule has 0 spiro atoms. The average Bonchev–Trinajstić information content (AvgIpc) is 3.10. The van der Waals surface area contributed by atoms with Gasteiger partial charge in [0.15, 0.2) is 0 Å². The van der Waals surface area contributed by atoms with Crippen molar-refractivity contribution in [1.29, 1.82) is 0 Å². The molecule has 2 amide bonds. The third-order valence-electron chi connectivity index (χ3n) is 5.04. The van der Waals surface area contributed by atoms with Crippen LogP contribution in [0.25, 0.3) is 11.1 Å². The van der Waals surface area contributed by atoms with E-state index in [1.807, 2.05) is 6.07 Å². The number of hydrogen-bond donors (Lipinski definition) is 3. The van der Waals surface area contributed by atoms with Crippen molar-refractivity contribution in [1.82, 2.24) is 0 Å². The van der Waals surface area contributed by atoms with Gasteiger partial charge in [-0.2, -0.15) is 0 Å². The van der Waals surface area contributed by atoms with Crippen molar-refractivity contribution in [2.45, 2.75) is 13.3 Å². The molecule has 0 aromatic heterocycles. The molecule has 0 radical (unpaired) electrons. The zero-order chi connectivity index (χ0) is 21.1. The Labute approximate surface area is 175 Å². The molecule has 0 saturated carbocycles. The monoisotopic (exact) mass is 401 g/mol. The lowest BCUT2D eigenvalue weighted by Gasteiger charge is -2.13. The molecular formula is C24H23N3O3. The Balaban J connectivity index is 1.41. The minimum absolute atomic E-state index is 0.110. The van der Waals surface area contributed by atoms with E-state index in [0.717, 1.165) is 12.1 Å². The van der Waals surface area contributed by atoms with Gasteiger partial charge in [-0.05, 0) is 59.0 Å². The number of benzene rings is 3. The Morgan fingerprint density at radius 3 is 2.47 bits per heavy atom. The Hall–Kier alpha value is -3.80. The van der Waals surface area contributed by atoms with Gasteiger partial charge < -0.3 is 20.7 Å². The van der Waals surface area contributed by atoms with Crippen LogP contribution in [-0.2, 0) is 16.0 Å². The Kier molecular flexibility index (Phi) is 5.39. The Morgan fingerprint density at radius 1 is 0.900 bits per heavy atom. The summed E-state index contributed by atoms with van der Waals surface area (Å²) in [4.78, 5) is 23.8. The summed E-state index contributed by atoms with van der Waals surface area (Å²) >= 11 is 0. The van der Waals surface area contributed by atoms with E-state index in [0.29, 0.717) is 17.1 Å². The molecule has 0 atom stereocenters. The molecule has 1 aliphatic carbocycles. The average molecular weight is 401 g/mol. The lowest BCUT2D eigenvalue weighted by molar-refractivity contribution is -0.115. The third-order valence-corrected chi connectivity index (χ3v) is 5.04. The van der Waals surface area contributed by atoms with Gasteiger partial charge in [0.25, 0.3) is 0 Å². The number of hydrogen-bond acceptors (Lipinski definition) is 4. The summed E-state index contributed by atoms with van der Waals surface area (Å²) in [5, 5.41) is 8.71. The van der Waals surface area contributed by atoms with E-state index in [1.165, 1.54) is 36.3 Å². The summed E-state index contributed by atoms with van der Waals surface area (Å²) in [7, 11) is 1.53. The molecule has 0 aliphatic heterocycles. The molecule has 3 aromatic carbocycles. The quantitative estimate of drug-likeness (QED) is 0.451. The molecule has 0 fully saturated rings. The molecule has 6 nitrogen and oxygen atoms in total. The summed E-state index contributed by atoms with van der Waals surface area (Å²) in [5.41, 5.74) is 7.10. The number of rotatable bonds is 6. The lowest BCUT2D eigenvalue weighted by Crippen LogP contribution is -2.22. The highest BCUT2D eigenvalue weighted by Gasteiger charge is 2.18. The molecule has 0 saturated heterocycles. The van der Waals surface area contributed by atoms with E-state index in [4.69, 9.17) is 4.74 Å². The van der Waals surface area contributed by atoms with Crippen LogP contribution in [0.2, 0.25) is 0 Å². The van der Waals surface area contributed by atoms with Crippen molar-refractivity contribution >= 4 is 28.9 Å². The van der Waals surface area contributed by atoms with Crippen molar-refractivity contribution in [3.8, 4) is 16.9 Å². The summed E-state index contributed by atoms with van der Waals surface area (Å²) < 4.78 is 5.30. The van der Waals surface area contributed by atoms with Crippen LogP contribution < -0.4 is 20.7 Å². The highest BCUT2D eigenvalue weighted by molar-refractivity contribution is 5.97. The first-order valence-corrected chi connectivity index (χ1v) is 9.74. The minimum atomic E-state index is -0.211. The van der Waals surface area contributed by atoms with Crippen molar-refractivity contribution in [3.05, 3.63) is 71.8 Å². The highest BCUT2D eigenvalue weighted by atomic mass is 16.5. The van der Waals surface area contributed by atoms with Gasteiger partial charge in [-0.15, -0.1) is 0 Å². The van der Waals surface area contributed by atoms with Crippen molar-refractivity contribution in [3.63, 3.8) is 0 Å². The molecular weight excluding hydrogens is 378 g/mol. The molecule has 0 unspecified atom stereocenters. The summed E-state index contributed by atoms with van der Waals surface area (Å²) in [6.45, 7) is 1.54. The van der Waals surface area contributed by atoms with E-state index in [-0.39, 0.29) is 18.4 Å². The molecule has 1 aliphatic rings. The summed E-state index contributed by atoms with van der Waals surface area (Å²) in [6.07, 6.45) is 0.903. The largest absolute Gasteiger partial charge is 0.495 e. The summed E-state index contributed by atoms with van der Waals surface area (Å²) in [5.74, 6) is 0.127. The number of amides is 2. The van der Waals surface area contributed by atoms with E-state index in [2.05, 4.69) is 52.3 Å². The SMILES string of the molecule is COc1ccc(NC(C)=O)cc1NC(=O)CNc1ccc2c(c1)Cc1ccccc1-2. The number of anilines is 3. The second-order valence-electron chi connectivity index (χ2n) is 7.20. The maximum Gasteiger partial charge on any atom is 0.243 e. The number of carbonyl (C=O) groups excluding carboxylic acids is 2. The van der Waals surface area contributed by atoms with Crippen molar-refractivity contribution in [2.24, 2.45) is 0 Å². The zero-order valence-corrected chi connectivity index (χ0v) is 16.9. The van der Waals surface area contributed by atoms with Crippen LogP contribution in [0, 0.1) is 0 Å². The van der Waals surface area contributed by atoms with Gasteiger partial charge in [-0.1, -0.05) is 30.3 Å². The number of ether oxygens (including phenoxy) is 1. The molecule has 152 valence electrons. The van der Waals surface area contributed by atoms with Crippen molar-refractivity contribution in [2.75, 3.05) is 29.6 Å². The Bertz CT molecular complexity index is 1120. The van der Waals surface area contributed by atoms with Gasteiger partial charge >= 0.3 is 0 Å². The fourth-order valence-electron chi connectivity index (χ4n) is 3.72. The van der Waals surface area contributed by atoms with E-state index >= 15 is 0 Å². The predicted molar refractivity (Wildman–Crippen MR) is 119 cm³/mol. The van der Waals surface area contributed by atoms with Gasteiger partial charge in [0.05, 0.1) is 19.3 Å². The number of fused-ring (bicyclic) bond motifs is 3. The lowest BCUT2D eigenvalue weighted by atomic mass is 10.1. The van der Waals surface area contributed by atoms with Crippen LogP contribution in [0.5, 0.6) is 5.75 Å². The fraction of sp³-hybridized carbons (Fsp3) is 0.167. The Morgan fingerprint density at radius 2 is 1.67 bits per heavy atom. The molecule has 0 heterocycles. The number of methoxy groups -OCH3 is 1. The first-order valence-electron chi connectivity index (χ1n) is 9.74. The number of nitrogens with one attached hydrogen (secondary N) is 3. The first-order chi connectivity index (χ1) is 14.5.